The molecule has 1 aromatic rings. The van der Waals surface area contributed by atoms with Gasteiger partial charge in [0.15, 0.2) is 0 Å². The summed E-state index contributed by atoms with van der Waals surface area (Å²) in [5, 5.41) is 3.48. The van der Waals surface area contributed by atoms with Gasteiger partial charge in [-0.05, 0) is 48.9 Å². The van der Waals surface area contributed by atoms with Crippen molar-refractivity contribution in [2.45, 2.75) is 30.7 Å². The molecule has 1 aliphatic carbocycles. The second-order valence-corrected chi connectivity index (χ2v) is 4.60. The number of rotatable bonds is 1. The van der Waals surface area contributed by atoms with Crippen LogP contribution in [-0.2, 0) is 5.41 Å². The molecule has 14 heavy (non-hydrogen) atoms. The number of fused-ring (bicyclic) bond motifs is 2. The lowest BCUT2D eigenvalue weighted by Crippen LogP contribution is -2.58. The van der Waals surface area contributed by atoms with Crippen LogP contribution in [0.1, 0.15) is 24.8 Å². The minimum Gasteiger partial charge on any atom is -0.314 e. The number of nitrogens with one attached hydrogen (secondary N) is 1. The van der Waals surface area contributed by atoms with Crippen molar-refractivity contribution in [3.05, 3.63) is 35.6 Å². The van der Waals surface area contributed by atoms with Gasteiger partial charge in [0.05, 0.1) is 0 Å². The zero-order chi connectivity index (χ0) is 9.60. The lowest BCUT2D eigenvalue weighted by Gasteiger charge is -2.53. The Bertz CT molecular complexity index is 332. The number of halogens is 1. The van der Waals surface area contributed by atoms with E-state index in [2.05, 4.69) is 5.32 Å². The van der Waals surface area contributed by atoms with Crippen LogP contribution in [0.2, 0.25) is 0 Å². The number of benzene rings is 1. The summed E-state index contributed by atoms with van der Waals surface area (Å²) in [6.45, 7) is 1.11. The molecule has 0 atom stereocenters. The molecule has 2 saturated heterocycles. The highest BCUT2D eigenvalue weighted by molar-refractivity contribution is 5.31. The summed E-state index contributed by atoms with van der Waals surface area (Å²) in [6.07, 6.45) is 3.67. The molecule has 3 fully saturated rings. The van der Waals surface area contributed by atoms with Crippen molar-refractivity contribution in [2.75, 3.05) is 6.54 Å². The molecule has 4 rings (SSSR count). The third kappa shape index (κ3) is 1.10. The minimum absolute atomic E-state index is 0.130. The maximum Gasteiger partial charge on any atom is 0.123 e. The van der Waals surface area contributed by atoms with Gasteiger partial charge in [0.25, 0.3) is 0 Å². The van der Waals surface area contributed by atoms with Gasteiger partial charge in [-0.1, -0.05) is 12.1 Å². The van der Waals surface area contributed by atoms with Gasteiger partial charge in [0.1, 0.15) is 5.82 Å². The lowest BCUT2D eigenvalue weighted by atomic mass is 9.57. The fraction of sp³-hybridized carbons (Fsp3) is 0.500. The standard InChI is InChI=1S/C12H14FN/c13-10-3-1-9(2-4-10)12-5-6-14-11(7-12)8-12/h1-4,11,14H,5-8H2. The number of hydrogen-bond donors (Lipinski definition) is 1. The van der Waals surface area contributed by atoms with Crippen molar-refractivity contribution in [3.63, 3.8) is 0 Å². The summed E-state index contributed by atoms with van der Waals surface area (Å²) in [5.41, 5.74) is 1.71. The zero-order valence-electron chi connectivity index (χ0n) is 8.09. The Morgan fingerprint density at radius 3 is 2.50 bits per heavy atom. The van der Waals surface area contributed by atoms with Gasteiger partial charge in [0.2, 0.25) is 0 Å². The van der Waals surface area contributed by atoms with Crippen LogP contribution in [0.5, 0.6) is 0 Å². The van der Waals surface area contributed by atoms with E-state index in [1.165, 1.54) is 24.8 Å². The maximum atomic E-state index is 12.8. The molecule has 1 saturated carbocycles. The predicted molar refractivity (Wildman–Crippen MR) is 53.7 cm³/mol. The molecule has 74 valence electrons. The Labute approximate surface area is 83.3 Å². The molecule has 1 nitrogen and oxygen atoms in total. The summed E-state index contributed by atoms with van der Waals surface area (Å²) < 4.78 is 12.8. The highest BCUT2D eigenvalue weighted by atomic mass is 19.1. The SMILES string of the molecule is Fc1ccc(C23CCNC(C2)C3)cc1. The van der Waals surface area contributed by atoms with Gasteiger partial charge in [-0.15, -0.1) is 0 Å². The van der Waals surface area contributed by atoms with E-state index in [-0.39, 0.29) is 5.82 Å². The molecule has 0 radical (unpaired) electrons. The van der Waals surface area contributed by atoms with Crippen LogP contribution in [0.4, 0.5) is 4.39 Å². The molecule has 2 heterocycles. The van der Waals surface area contributed by atoms with E-state index in [0.29, 0.717) is 11.5 Å². The van der Waals surface area contributed by atoms with Crippen molar-refractivity contribution in [1.29, 1.82) is 0 Å². The quantitative estimate of drug-likeness (QED) is 0.717. The first-order chi connectivity index (χ1) is 6.78. The summed E-state index contributed by atoms with van der Waals surface area (Å²) in [7, 11) is 0. The lowest BCUT2D eigenvalue weighted by molar-refractivity contribution is 0.110. The Hall–Kier alpha value is -0.890. The van der Waals surface area contributed by atoms with Crippen LogP contribution in [0, 0.1) is 5.82 Å². The highest BCUT2D eigenvalue weighted by Crippen LogP contribution is 2.48. The van der Waals surface area contributed by atoms with Gasteiger partial charge < -0.3 is 5.32 Å². The van der Waals surface area contributed by atoms with Gasteiger partial charge in [0, 0.05) is 6.04 Å². The summed E-state index contributed by atoms with van der Waals surface area (Å²) in [5.74, 6) is -0.130. The zero-order valence-corrected chi connectivity index (χ0v) is 8.09. The number of hydrogen-bond acceptors (Lipinski definition) is 1. The minimum atomic E-state index is -0.130. The van der Waals surface area contributed by atoms with Gasteiger partial charge in [-0.3, -0.25) is 0 Å². The van der Waals surface area contributed by atoms with E-state index in [1.807, 2.05) is 12.1 Å². The molecule has 2 aliphatic heterocycles. The molecule has 2 bridgehead atoms. The first-order valence-electron chi connectivity index (χ1n) is 5.28. The Morgan fingerprint density at radius 2 is 1.93 bits per heavy atom. The van der Waals surface area contributed by atoms with E-state index in [4.69, 9.17) is 0 Å². The van der Waals surface area contributed by atoms with E-state index < -0.39 is 0 Å². The van der Waals surface area contributed by atoms with Crippen LogP contribution in [0.15, 0.2) is 24.3 Å². The molecule has 3 aliphatic rings. The van der Waals surface area contributed by atoms with Crippen LogP contribution < -0.4 is 5.32 Å². The largest absolute Gasteiger partial charge is 0.314 e. The molecule has 0 spiro atoms. The van der Waals surface area contributed by atoms with Crippen LogP contribution in [-0.4, -0.2) is 12.6 Å². The molecular weight excluding hydrogens is 177 g/mol. The van der Waals surface area contributed by atoms with Crippen molar-refractivity contribution in [1.82, 2.24) is 5.32 Å². The van der Waals surface area contributed by atoms with Crippen LogP contribution in [0.25, 0.3) is 0 Å². The second-order valence-electron chi connectivity index (χ2n) is 4.60. The van der Waals surface area contributed by atoms with Crippen molar-refractivity contribution in [3.8, 4) is 0 Å². The van der Waals surface area contributed by atoms with Gasteiger partial charge in [-0.25, -0.2) is 4.39 Å². The first kappa shape index (κ1) is 8.42. The molecule has 0 unspecified atom stereocenters. The maximum absolute atomic E-state index is 12.8. The third-order valence-electron chi connectivity index (χ3n) is 3.77. The van der Waals surface area contributed by atoms with Crippen LogP contribution in [0.3, 0.4) is 0 Å². The highest BCUT2D eigenvalue weighted by Gasteiger charge is 2.47. The first-order valence-corrected chi connectivity index (χ1v) is 5.28. The van der Waals surface area contributed by atoms with Crippen molar-refractivity contribution >= 4 is 0 Å². The average Bonchev–Trinajstić information content (AvgIpc) is 2.18. The monoisotopic (exact) mass is 191 g/mol. The van der Waals surface area contributed by atoms with E-state index in [0.717, 1.165) is 6.54 Å². The topological polar surface area (TPSA) is 12.0 Å². The van der Waals surface area contributed by atoms with E-state index in [9.17, 15) is 4.39 Å². The summed E-state index contributed by atoms with van der Waals surface area (Å²) >= 11 is 0. The average molecular weight is 191 g/mol. The smallest absolute Gasteiger partial charge is 0.123 e. The number of piperidine rings is 2. The molecule has 1 N–H and O–H groups in total. The third-order valence-corrected chi connectivity index (χ3v) is 3.77. The van der Waals surface area contributed by atoms with E-state index in [1.54, 1.807) is 12.1 Å². The normalized spacial score (nSPS) is 35.1. The van der Waals surface area contributed by atoms with Gasteiger partial charge >= 0.3 is 0 Å². The predicted octanol–water partition coefficient (Wildman–Crippen LogP) is 2.22. The van der Waals surface area contributed by atoms with Crippen LogP contribution >= 0.6 is 0 Å². The summed E-state index contributed by atoms with van der Waals surface area (Å²) in [6, 6.07) is 7.79. The Balaban J connectivity index is 1.91. The Kier molecular flexibility index (Phi) is 1.68. The molecule has 0 aromatic heterocycles. The fourth-order valence-corrected chi connectivity index (χ4v) is 2.93. The Morgan fingerprint density at radius 1 is 1.21 bits per heavy atom. The van der Waals surface area contributed by atoms with Gasteiger partial charge in [-0.2, -0.15) is 0 Å². The van der Waals surface area contributed by atoms with Crippen molar-refractivity contribution < 1.29 is 4.39 Å². The summed E-state index contributed by atoms with van der Waals surface area (Å²) in [4.78, 5) is 0. The fourth-order valence-electron chi connectivity index (χ4n) is 2.93. The van der Waals surface area contributed by atoms with E-state index >= 15 is 0 Å². The molecular formula is C12H14FN. The molecule has 0 amide bonds. The second kappa shape index (κ2) is 2.80. The van der Waals surface area contributed by atoms with Crippen molar-refractivity contribution in [2.24, 2.45) is 0 Å². The molecule has 1 aromatic carbocycles. The molecule has 2 heteroatoms.